The first-order valence-electron chi connectivity index (χ1n) is 7.90. The highest BCUT2D eigenvalue weighted by Crippen LogP contribution is 2.26. The summed E-state index contributed by atoms with van der Waals surface area (Å²) in [6.45, 7) is 0. The van der Waals surface area contributed by atoms with Crippen molar-refractivity contribution in [3.05, 3.63) is 60.2 Å². The van der Waals surface area contributed by atoms with Crippen LogP contribution in [0.4, 0.5) is 20.3 Å². The quantitative estimate of drug-likeness (QED) is 0.278. The number of imidazole rings is 1. The normalized spacial score (nSPS) is 11.6. The van der Waals surface area contributed by atoms with Gasteiger partial charge in [0.1, 0.15) is 5.82 Å². The topological polar surface area (TPSA) is 110 Å². The number of rotatable bonds is 4. The molecule has 0 spiro atoms. The second-order valence-corrected chi connectivity index (χ2v) is 5.63. The van der Waals surface area contributed by atoms with Crippen LogP contribution in [0, 0.1) is 11.6 Å². The summed E-state index contributed by atoms with van der Waals surface area (Å²) < 4.78 is 29.8. The smallest absolute Gasteiger partial charge is 0.183 e. The predicted molar refractivity (Wildman–Crippen MR) is 99.5 cm³/mol. The van der Waals surface area contributed by atoms with Crippen molar-refractivity contribution in [2.45, 2.75) is 0 Å². The molecule has 8 nitrogen and oxygen atoms in total. The Morgan fingerprint density at radius 3 is 2.70 bits per heavy atom. The molecule has 0 aliphatic heterocycles. The van der Waals surface area contributed by atoms with Crippen LogP contribution in [0.3, 0.4) is 0 Å². The first-order valence-corrected chi connectivity index (χ1v) is 7.90. The first-order chi connectivity index (χ1) is 13.0. The molecule has 0 bridgehead atoms. The molecule has 0 unspecified atom stereocenters. The summed E-state index contributed by atoms with van der Waals surface area (Å²) in [5, 5.41) is 4.92. The number of nitrogens with one attached hydrogen (secondary N) is 1. The zero-order valence-corrected chi connectivity index (χ0v) is 14.7. The van der Waals surface area contributed by atoms with Gasteiger partial charge in [-0.3, -0.25) is 5.01 Å². The Labute approximate surface area is 154 Å². The van der Waals surface area contributed by atoms with Crippen molar-refractivity contribution in [1.82, 2.24) is 20.0 Å². The molecule has 2 aromatic heterocycles. The van der Waals surface area contributed by atoms with Gasteiger partial charge in [0.25, 0.3) is 0 Å². The number of hydrogen-bond donors (Lipinski definition) is 3. The number of aromatic nitrogens is 3. The number of pyridine rings is 1. The Kier molecular flexibility index (Phi) is 4.99. The zero-order valence-electron chi connectivity index (χ0n) is 14.7. The summed E-state index contributed by atoms with van der Waals surface area (Å²) in [6, 6.07) is 5.48. The zero-order chi connectivity index (χ0) is 19.6. The standard InChI is InChI=1S/C17H18F2N8/c1-22-27(13-5-3-4-12(18)15(13)19)17(25-21)11-6-10(7-24-16(11)20)14-8-23-9-26(14)2/h3-9,22H,21H2,1-2H3,(H2,20,24). The minimum Gasteiger partial charge on any atom is -0.383 e. The van der Waals surface area contributed by atoms with E-state index in [1.54, 1.807) is 29.4 Å². The molecule has 10 heteroatoms. The lowest BCUT2D eigenvalue weighted by Gasteiger charge is -2.25. The minimum absolute atomic E-state index is 0.0658. The van der Waals surface area contributed by atoms with Crippen LogP contribution in [0.2, 0.25) is 0 Å². The number of nitrogen functional groups attached to an aromatic ring is 1. The molecule has 1 aromatic carbocycles. The van der Waals surface area contributed by atoms with Gasteiger partial charge in [-0.2, -0.15) is 5.10 Å². The second kappa shape index (κ2) is 7.38. The molecule has 0 saturated heterocycles. The van der Waals surface area contributed by atoms with Gasteiger partial charge in [-0.1, -0.05) is 6.07 Å². The maximum atomic E-state index is 14.3. The van der Waals surface area contributed by atoms with Crippen LogP contribution in [-0.2, 0) is 7.05 Å². The van der Waals surface area contributed by atoms with Crippen LogP contribution in [-0.4, -0.2) is 27.4 Å². The molecule has 27 heavy (non-hydrogen) atoms. The van der Waals surface area contributed by atoms with Crippen molar-refractivity contribution in [2.75, 3.05) is 17.8 Å². The molecule has 0 aliphatic carbocycles. The number of anilines is 2. The van der Waals surface area contributed by atoms with E-state index in [0.717, 1.165) is 11.8 Å². The molecule has 0 atom stereocenters. The Hall–Kier alpha value is -3.53. The summed E-state index contributed by atoms with van der Waals surface area (Å²) in [5.74, 6) is 3.70. The van der Waals surface area contributed by atoms with Crippen LogP contribution in [0.5, 0.6) is 0 Å². The number of nitrogens with zero attached hydrogens (tertiary/aromatic N) is 5. The van der Waals surface area contributed by atoms with Gasteiger partial charge in [0.2, 0.25) is 0 Å². The van der Waals surface area contributed by atoms with Gasteiger partial charge in [-0.25, -0.2) is 24.2 Å². The van der Waals surface area contributed by atoms with E-state index in [0.29, 0.717) is 11.1 Å². The minimum atomic E-state index is -1.05. The number of halogens is 2. The lowest BCUT2D eigenvalue weighted by molar-refractivity contribution is 0.507. The van der Waals surface area contributed by atoms with E-state index >= 15 is 0 Å². The lowest BCUT2D eigenvalue weighted by Crippen LogP contribution is -2.43. The van der Waals surface area contributed by atoms with E-state index in [2.05, 4.69) is 20.5 Å². The van der Waals surface area contributed by atoms with Crippen molar-refractivity contribution in [3.63, 3.8) is 0 Å². The third kappa shape index (κ3) is 3.29. The fraction of sp³-hybridized carbons (Fsp3) is 0.118. The summed E-state index contributed by atoms with van der Waals surface area (Å²) in [5.41, 5.74) is 10.5. The van der Waals surface area contributed by atoms with Crippen LogP contribution in [0.1, 0.15) is 5.56 Å². The first kappa shape index (κ1) is 18.3. The highest BCUT2D eigenvalue weighted by Gasteiger charge is 2.23. The maximum absolute atomic E-state index is 14.3. The fourth-order valence-electron chi connectivity index (χ4n) is 2.68. The number of hydrazine groups is 1. The second-order valence-electron chi connectivity index (χ2n) is 5.63. The molecular formula is C17H18F2N8. The van der Waals surface area contributed by atoms with Crippen molar-refractivity contribution >= 4 is 17.3 Å². The molecule has 0 saturated carbocycles. The van der Waals surface area contributed by atoms with Crippen molar-refractivity contribution in [1.29, 1.82) is 0 Å². The highest BCUT2D eigenvalue weighted by molar-refractivity contribution is 6.12. The Morgan fingerprint density at radius 2 is 2.07 bits per heavy atom. The third-order valence-electron chi connectivity index (χ3n) is 4.00. The molecule has 2 heterocycles. The molecule has 0 radical (unpaired) electrons. The number of aryl methyl sites for hydroxylation is 1. The third-order valence-corrected chi connectivity index (χ3v) is 4.00. The van der Waals surface area contributed by atoms with Gasteiger partial charge in [-0.15, -0.1) is 0 Å². The van der Waals surface area contributed by atoms with E-state index < -0.39 is 11.6 Å². The number of nitrogens with two attached hydrogens (primary N) is 2. The average molecular weight is 372 g/mol. The van der Waals surface area contributed by atoms with E-state index in [9.17, 15) is 8.78 Å². The van der Waals surface area contributed by atoms with E-state index in [4.69, 9.17) is 11.6 Å². The fourth-order valence-corrected chi connectivity index (χ4v) is 2.68. The lowest BCUT2D eigenvalue weighted by atomic mass is 10.1. The molecule has 140 valence electrons. The number of hydrogen-bond acceptors (Lipinski definition) is 6. The van der Waals surface area contributed by atoms with Crippen LogP contribution >= 0.6 is 0 Å². The summed E-state index contributed by atoms with van der Waals surface area (Å²) >= 11 is 0. The van der Waals surface area contributed by atoms with Gasteiger partial charge in [0.15, 0.2) is 17.5 Å². The number of amidine groups is 1. The Bertz CT molecular complexity index is 998. The van der Waals surface area contributed by atoms with Gasteiger partial charge >= 0.3 is 0 Å². The Morgan fingerprint density at radius 1 is 1.30 bits per heavy atom. The van der Waals surface area contributed by atoms with Crippen molar-refractivity contribution < 1.29 is 8.78 Å². The molecule has 3 rings (SSSR count). The van der Waals surface area contributed by atoms with Gasteiger partial charge in [0.05, 0.1) is 29.5 Å². The molecular weight excluding hydrogens is 354 g/mol. The van der Waals surface area contributed by atoms with Crippen LogP contribution in [0.15, 0.2) is 48.1 Å². The molecule has 0 aliphatic rings. The van der Waals surface area contributed by atoms with E-state index in [1.165, 1.54) is 24.2 Å². The largest absolute Gasteiger partial charge is 0.383 e. The SMILES string of the molecule is CNN(C(=NN)c1cc(-c2cncn2C)cnc1N)c1cccc(F)c1F. The average Bonchev–Trinajstić information content (AvgIpc) is 3.09. The molecule has 0 amide bonds. The summed E-state index contributed by atoms with van der Waals surface area (Å²) in [6.07, 6.45) is 4.89. The van der Waals surface area contributed by atoms with Crippen molar-refractivity contribution in [2.24, 2.45) is 18.0 Å². The van der Waals surface area contributed by atoms with E-state index in [-0.39, 0.29) is 17.3 Å². The van der Waals surface area contributed by atoms with Gasteiger partial charge < -0.3 is 16.1 Å². The van der Waals surface area contributed by atoms with Crippen LogP contribution < -0.4 is 22.0 Å². The summed E-state index contributed by atoms with van der Waals surface area (Å²) in [4.78, 5) is 8.24. The molecule has 5 N–H and O–H groups in total. The molecule has 3 aromatic rings. The maximum Gasteiger partial charge on any atom is 0.183 e. The molecule has 0 fully saturated rings. The predicted octanol–water partition coefficient (Wildman–Crippen LogP) is 1.60. The van der Waals surface area contributed by atoms with Gasteiger partial charge in [0, 0.05) is 25.9 Å². The monoisotopic (exact) mass is 372 g/mol. The highest BCUT2D eigenvalue weighted by atomic mass is 19.2. The number of hydrazone groups is 1. The Balaban J connectivity index is 2.12. The van der Waals surface area contributed by atoms with Crippen molar-refractivity contribution in [3.8, 4) is 11.3 Å². The summed E-state index contributed by atoms with van der Waals surface area (Å²) in [7, 11) is 3.35. The van der Waals surface area contributed by atoms with Crippen LogP contribution in [0.25, 0.3) is 11.3 Å². The van der Waals surface area contributed by atoms with Gasteiger partial charge in [-0.05, 0) is 18.2 Å². The van der Waals surface area contributed by atoms with E-state index in [1.807, 2.05) is 7.05 Å². The number of benzene rings is 1.